The summed E-state index contributed by atoms with van der Waals surface area (Å²) in [4.78, 5) is 20.3. The minimum absolute atomic E-state index is 0.0198. The van der Waals surface area contributed by atoms with Crippen molar-refractivity contribution in [2.45, 2.75) is 20.0 Å². The number of benzene rings is 1. The Labute approximate surface area is 159 Å². The normalized spacial score (nSPS) is 11.2. The van der Waals surface area contributed by atoms with Crippen LogP contribution in [-0.2, 0) is 0 Å². The third-order valence-corrected chi connectivity index (χ3v) is 3.80. The van der Waals surface area contributed by atoms with Gasteiger partial charge in [-0.3, -0.25) is 9.78 Å². The molecule has 3 rings (SSSR count). The van der Waals surface area contributed by atoms with E-state index in [4.69, 9.17) is 0 Å². The molecule has 1 amide bonds. The van der Waals surface area contributed by atoms with Crippen molar-refractivity contribution in [3.05, 3.63) is 72.1 Å². The van der Waals surface area contributed by atoms with Crippen LogP contribution < -0.4 is 10.1 Å². The molecule has 0 bridgehead atoms. The molecule has 1 aromatic carbocycles. The van der Waals surface area contributed by atoms with E-state index in [2.05, 4.69) is 20.0 Å². The minimum atomic E-state index is -3.29. The highest BCUT2D eigenvalue weighted by molar-refractivity contribution is 6.04. The largest absolute Gasteiger partial charge is 0.433 e. The number of carbonyl (C=O) groups is 1. The van der Waals surface area contributed by atoms with Gasteiger partial charge in [-0.1, -0.05) is 0 Å². The smallest absolute Gasteiger partial charge is 0.394 e. The lowest BCUT2D eigenvalue weighted by molar-refractivity contribution is -0.158. The van der Waals surface area contributed by atoms with E-state index >= 15 is 0 Å². The third-order valence-electron chi connectivity index (χ3n) is 3.80. The zero-order valence-corrected chi connectivity index (χ0v) is 15.0. The van der Waals surface area contributed by atoms with Crippen LogP contribution in [0.15, 0.2) is 54.9 Å². The first-order valence-electron chi connectivity index (χ1n) is 8.28. The van der Waals surface area contributed by atoms with Crippen LogP contribution in [0.3, 0.4) is 0 Å². The number of amides is 1. The van der Waals surface area contributed by atoms with E-state index in [9.17, 15) is 18.0 Å². The Kier molecular flexibility index (Phi) is 5.30. The van der Waals surface area contributed by atoms with Gasteiger partial charge in [-0.05, 0) is 49.4 Å². The van der Waals surface area contributed by atoms with Gasteiger partial charge in [0.2, 0.25) is 5.95 Å². The maximum atomic E-state index is 13.0. The quantitative estimate of drug-likeness (QED) is 0.637. The van der Waals surface area contributed by atoms with Crippen LogP contribution in [0.1, 0.15) is 23.0 Å². The summed E-state index contributed by atoms with van der Waals surface area (Å²) in [6, 6.07) is 9.96. The molecule has 0 saturated carbocycles. The lowest BCUT2D eigenvalue weighted by Gasteiger charge is -2.13. The SMILES string of the molecule is Cc1ncc(C(=O)Nc2ccc(OC(C)(F)F)cc2)cc1-c1ccc(F)nc1. The summed E-state index contributed by atoms with van der Waals surface area (Å²) < 4.78 is 43.2. The number of hydrogen-bond donors (Lipinski definition) is 1. The Bertz CT molecular complexity index is 985. The number of ether oxygens (including phenoxy) is 1. The van der Waals surface area contributed by atoms with Crippen LogP contribution in [-0.4, -0.2) is 22.0 Å². The molecule has 1 N–H and O–H groups in total. The summed E-state index contributed by atoms with van der Waals surface area (Å²) in [7, 11) is 0. The Morgan fingerprint density at radius 2 is 1.79 bits per heavy atom. The summed E-state index contributed by atoms with van der Waals surface area (Å²) in [6.07, 6.45) is -0.507. The van der Waals surface area contributed by atoms with Gasteiger partial charge in [-0.2, -0.15) is 13.2 Å². The standard InChI is InChI=1S/C20H16F3N3O2/c1-12-17(13-3-8-18(21)25-10-13)9-14(11-24-12)19(27)26-15-4-6-16(7-5-15)28-20(2,22)23/h3-11H,1-2H3,(H,26,27). The fourth-order valence-corrected chi connectivity index (χ4v) is 2.50. The first-order valence-corrected chi connectivity index (χ1v) is 8.28. The fourth-order valence-electron chi connectivity index (χ4n) is 2.50. The van der Waals surface area contributed by atoms with Crippen molar-refractivity contribution < 1.29 is 22.7 Å². The summed E-state index contributed by atoms with van der Waals surface area (Å²) >= 11 is 0. The highest BCUT2D eigenvalue weighted by atomic mass is 19.3. The number of alkyl halides is 2. The van der Waals surface area contributed by atoms with Crippen molar-refractivity contribution in [3.63, 3.8) is 0 Å². The third kappa shape index (κ3) is 4.85. The lowest BCUT2D eigenvalue weighted by Crippen LogP contribution is -2.19. The van der Waals surface area contributed by atoms with Crippen molar-refractivity contribution in [1.82, 2.24) is 9.97 Å². The van der Waals surface area contributed by atoms with E-state index in [1.807, 2.05) is 0 Å². The van der Waals surface area contributed by atoms with Gasteiger partial charge in [0.25, 0.3) is 5.91 Å². The van der Waals surface area contributed by atoms with Crippen molar-refractivity contribution >= 4 is 11.6 Å². The average Bonchev–Trinajstić information content (AvgIpc) is 2.63. The topological polar surface area (TPSA) is 64.1 Å². The molecule has 0 aliphatic rings. The van der Waals surface area contributed by atoms with E-state index in [-0.39, 0.29) is 11.3 Å². The number of nitrogens with one attached hydrogen (secondary N) is 1. The zero-order valence-electron chi connectivity index (χ0n) is 15.0. The van der Waals surface area contributed by atoms with Crippen molar-refractivity contribution in [3.8, 4) is 16.9 Å². The van der Waals surface area contributed by atoms with Gasteiger partial charge >= 0.3 is 6.11 Å². The second-order valence-electron chi connectivity index (χ2n) is 6.11. The first kappa shape index (κ1) is 19.3. The lowest BCUT2D eigenvalue weighted by atomic mass is 10.0. The van der Waals surface area contributed by atoms with Crippen molar-refractivity contribution in [1.29, 1.82) is 0 Å². The molecule has 0 spiro atoms. The monoisotopic (exact) mass is 387 g/mol. The number of nitrogens with zero attached hydrogens (tertiary/aromatic N) is 2. The molecule has 144 valence electrons. The number of aromatic nitrogens is 2. The molecule has 0 fully saturated rings. The van der Waals surface area contributed by atoms with Crippen LogP contribution in [0.5, 0.6) is 5.75 Å². The highest BCUT2D eigenvalue weighted by Crippen LogP contribution is 2.25. The molecule has 2 aromatic heterocycles. The Balaban J connectivity index is 1.77. The molecule has 0 atom stereocenters. The van der Waals surface area contributed by atoms with Crippen LogP contribution in [0.2, 0.25) is 0 Å². The molecule has 0 aliphatic heterocycles. The van der Waals surface area contributed by atoms with E-state index < -0.39 is 18.0 Å². The highest BCUT2D eigenvalue weighted by Gasteiger charge is 2.23. The predicted octanol–water partition coefficient (Wildman–Crippen LogP) is 4.83. The van der Waals surface area contributed by atoms with Crippen molar-refractivity contribution in [2.24, 2.45) is 0 Å². The number of carbonyl (C=O) groups excluding carboxylic acids is 1. The van der Waals surface area contributed by atoms with Gasteiger partial charge in [0, 0.05) is 41.8 Å². The Morgan fingerprint density at radius 3 is 2.39 bits per heavy atom. The van der Waals surface area contributed by atoms with Gasteiger partial charge in [-0.25, -0.2) is 4.98 Å². The number of pyridine rings is 2. The summed E-state index contributed by atoms with van der Waals surface area (Å²) in [6.45, 7) is 2.41. The predicted molar refractivity (Wildman–Crippen MR) is 97.8 cm³/mol. The van der Waals surface area contributed by atoms with Gasteiger partial charge < -0.3 is 10.1 Å². The van der Waals surface area contributed by atoms with E-state index in [0.717, 1.165) is 0 Å². The van der Waals surface area contributed by atoms with Crippen molar-refractivity contribution in [2.75, 3.05) is 5.32 Å². The molecule has 0 aliphatic carbocycles. The van der Waals surface area contributed by atoms with E-state index in [1.165, 1.54) is 42.7 Å². The molecule has 0 saturated heterocycles. The first-order chi connectivity index (χ1) is 13.2. The number of halogens is 3. The number of aryl methyl sites for hydroxylation is 1. The minimum Gasteiger partial charge on any atom is -0.433 e. The fraction of sp³-hybridized carbons (Fsp3) is 0.150. The van der Waals surface area contributed by atoms with Crippen LogP contribution >= 0.6 is 0 Å². The van der Waals surface area contributed by atoms with Crippen LogP contribution in [0, 0.1) is 12.9 Å². The molecular formula is C20H16F3N3O2. The van der Waals surface area contributed by atoms with Gasteiger partial charge in [0.05, 0.1) is 5.56 Å². The Morgan fingerprint density at radius 1 is 1.07 bits per heavy atom. The molecule has 28 heavy (non-hydrogen) atoms. The molecule has 0 unspecified atom stereocenters. The number of rotatable bonds is 5. The summed E-state index contributed by atoms with van der Waals surface area (Å²) in [5, 5.41) is 2.66. The molecule has 2 heterocycles. The summed E-state index contributed by atoms with van der Waals surface area (Å²) in [5.41, 5.74) is 2.62. The van der Waals surface area contributed by atoms with Crippen LogP contribution in [0.25, 0.3) is 11.1 Å². The van der Waals surface area contributed by atoms with E-state index in [1.54, 1.807) is 19.1 Å². The van der Waals surface area contributed by atoms with Gasteiger partial charge in [-0.15, -0.1) is 0 Å². The Hall–Kier alpha value is -3.42. The molecular weight excluding hydrogens is 371 g/mol. The maximum Gasteiger partial charge on any atom is 0.394 e. The second kappa shape index (κ2) is 7.67. The van der Waals surface area contributed by atoms with Gasteiger partial charge in [0.15, 0.2) is 0 Å². The molecule has 3 aromatic rings. The van der Waals surface area contributed by atoms with Gasteiger partial charge in [0.1, 0.15) is 5.75 Å². The number of anilines is 1. The molecule has 0 radical (unpaired) electrons. The number of hydrogen-bond acceptors (Lipinski definition) is 4. The van der Waals surface area contributed by atoms with Crippen LogP contribution in [0.4, 0.5) is 18.9 Å². The molecule has 5 nitrogen and oxygen atoms in total. The maximum absolute atomic E-state index is 13.0. The average molecular weight is 387 g/mol. The van der Waals surface area contributed by atoms with E-state index in [0.29, 0.717) is 29.4 Å². The second-order valence-corrected chi connectivity index (χ2v) is 6.11. The molecule has 8 heteroatoms. The summed E-state index contributed by atoms with van der Waals surface area (Å²) in [5.74, 6) is -1.05. The zero-order chi connectivity index (χ0) is 20.3.